The number of nitrogens with one attached hydrogen (secondary N) is 1. The van der Waals surface area contributed by atoms with E-state index in [2.05, 4.69) is 44.8 Å². The molecule has 1 N–H and O–H groups in total. The summed E-state index contributed by atoms with van der Waals surface area (Å²) >= 11 is 0. The number of nitrogens with zero attached hydrogens (tertiary/aromatic N) is 1. The van der Waals surface area contributed by atoms with Crippen LogP contribution in [0.3, 0.4) is 0 Å². The van der Waals surface area contributed by atoms with Crippen molar-refractivity contribution >= 4 is 0 Å². The fraction of sp³-hybridized carbons (Fsp3) is 1.00. The lowest BCUT2D eigenvalue weighted by Crippen LogP contribution is -2.54. The molecule has 0 aromatic carbocycles. The molecule has 0 spiro atoms. The van der Waals surface area contributed by atoms with Gasteiger partial charge in [-0.25, -0.2) is 0 Å². The van der Waals surface area contributed by atoms with Crippen molar-refractivity contribution in [1.82, 2.24) is 10.2 Å². The number of ether oxygens (including phenoxy) is 1. The molecular formula is C18H38N2O. The quantitative estimate of drug-likeness (QED) is 0.624. The molecule has 126 valence electrons. The predicted molar refractivity (Wildman–Crippen MR) is 91.8 cm³/mol. The highest BCUT2D eigenvalue weighted by Gasteiger charge is 2.34. The zero-order valence-corrected chi connectivity index (χ0v) is 15.0. The Labute approximate surface area is 132 Å². The number of likely N-dealkylation sites (N-methyl/N-ethyl adjacent to an activating group) is 1. The summed E-state index contributed by atoms with van der Waals surface area (Å²) in [6, 6.07) is 1.35. The zero-order chi connectivity index (χ0) is 15.7. The van der Waals surface area contributed by atoms with Gasteiger partial charge >= 0.3 is 0 Å². The molecule has 0 aliphatic heterocycles. The van der Waals surface area contributed by atoms with Crippen molar-refractivity contribution in [3.63, 3.8) is 0 Å². The monoisotopic (exact) mass is 298 g/mol. The summed E-state index contributed by atoms with van der Waals surface area (Å²) in [5, 5.41) is 3.80. The smallest absolute Gasteiger partial charge is 0.0593 e. The molecular weight excluding hydrogens is 260 g/mol. The van der Waals surface area contributed by atoms with Gasteiger partial charge in [0.1, 0.15) is 0 Å². The molecule has 0 bridgehead atoms. The van der Waals surface area contributed by atoms with Crippen LogP contribution in [-0.2, 0) is 4.74 Å². The van der Waals surface area contributed by atoms with Crippen molar-refractivity contribution < 1.29 is 4.74 Å². The van der Waals surface area contributed by atoms with E-state index in [0.717, 1.165) is 44.7 Å². The lowest BCUT2D eigenvalue weighted by Gasteiger charge is -2.44. The second-order valence-electron chi connectivity index (χ2n) is 6.77. The Bertz CT molecular complexity index is 258. The maximum absolute atomic E-state index is 5.59. The van der Waals surface area contributed by atoms with Crippen molar-refractivity contribution in [2.75, 3.05) is 32.8 Å². The summed E-state index contributed by atoms with van der Waals surface area (Å²) in [5.41, 5.74) is 0. The van der Waals surface area contributed by atoms with Crippen LogP contribution < -0.4 is 5.32 Å². The van der Waals surface area contributed by atoms with E-state index in [1.807, 2.05) is 0 Å². The highest BCUT2D eigenvalue weighted by Crippen LogP contribution is 2.32. The predicted octanol–water partition coefficient (Wildman–Crippen LogP) is 3.54. The van der Waals surface area contributed by atoms with Crippen molar-refractivity contribution in [3.05, 3.63) is 0 Å². The van der Waals surface area contributed by atoms with E-state index in [-0.39, 0.29) is 0 Å². The molecule has 3 heteroatoms. The summed E-state index contributed by atoms with van der Waals surface area (Å²) < 4.78 is 5.59. The van der Waals surface area contributed by atoms with Gasteiger partial charge in [0.2, 0.25) is 0 Å². The molecule has 21 heavy (non-hydrogen) atoms. The van der Waals surface area contributed by atoms with Gasteiger partial charge < -0.3 is 10.1 Å². The molecule has 1 rings (SSSR count). The first kappa shape index (κ1) is 18.9. The van der Waals surface area contributed by atoms with E-state index >= 15 is 0 Å². The summed E-state index contributed by atoms with van der Waals surface area (Å²) in [6.07, 6.45) is 5.29. The van der Waals surface area contributed by atoms with E-state index in [9.17, 15) is 0 Å². The van der Waals surface area contributed by atoms with E-state index in [1.54, 1.807) is 0 Å². The number of hydrogen-bond donors (Lipinski definition) is 1. The van der Waals surface area contributed by atoms with E-state index < -0.39 is 0 Å². The molecule has 1 fully saturated rings. The molecule has 3 nitrogen and oxygen atoms in total. The number of hydrogen-bond acceptors (Lipinski definition) is 3. The molecule has 1 aliphatic rings. The van der Waals surface area contributed by atoms with Gasteiger partial charge in [0.05, 0.1) is 6.61 Å². The van der Waals surface area contributed by atoms with Gasteiger partial charge in [-0.05, 0) is 57.5 Å². The maximum atomic E-state index is 5.59. The molecule has 0 heterocycles. The highest BCUT2D eigenvalue weighted by atomic mass is 16.5. The molecule has 3 atom stereocenters. The van der Waals surface area contributed by atoms with Gasteiger partial charge in [0.15, 0.2) is 0 Å². The SMILES string of the molecule is CCCNC1CCC(C(C)C)CC1N(CC)CCOCC. The summed E-state index contributed by atoms with van der Waals surface area (Å²) in [5.74, 6) is 1.70. The van der Waals surface area contributed by atoms with Gasteiger partial charge in [-0.2, -0.15) is 0 Å². The van der Waals surface area contributed by atoms with Crippen LogP contribution in [0, 0.1) is 11.8 Å². The van der Waals surface area contributed by atoms with Crippen LogP contribution in [0.1, 0.15) is 60.3 Å². The summed E-state index contributed by atoms with van der Waals surface area (Å²) in [4.78, 5) is 2.65. The third kappa shape index (κ3) is 6.25. The van der Waals surface area contributed by atoms with Crippen LogP contribution in [0.5, 0.6) is 0 Å². The second kappa shape index (κ2) is 10.6. The molecule has 0 aromatic rings. The first-order valence-corrected chi connectivity index (χ1v) is 9.19. The van der Waals surface area contributed by atoms with Crippen LogP contribution >= 0.6 is 0 Å². The highest BCUT2D eigenvalue weighted by molar-refractivity contribution is 4.91. The fourth-order valence-corrected chi connectivity index (χ4v) is 3.64. The molecule has 1 saturated carbocycles. The minimum atomic E-state index is 0.668. The van der Waals surface area contributed by atoms with Gasteiger partial charge in [0.25, 0.3) is 0 Å². The van der Waals surface area contributed by atoms with Crippen molar-refractivity contribution in [3.8, 4) is 0 Å². The van der Waals surface area contributed by atoms with E-state index in [1.165, 1.54) is 25.7 Å². The lowest BCUT2D eigenvalue weighted by molar-refractivity contribution is 0.0530. The molecule has 0 radical (unpaired) electrons. The Morgan fingerprint density at radius 3 is 2.52 bits per heavy atom. The molecule has 0 amide bonds. The standard InChI is InChI=1S/C18H38N2O/c1-6-11-19-17-10-9-16(15(4)5)14-18(17)20(7-2)12-13-21-8-3/h15-19H,6-14H2,1-5H3. The Morgan fingerprint density at radius 2 is 1.95 bits per heavy atom. The van der Waals surface area contributed by atoms with Crippen LogP contribution in [0.4, 0.5) is 0 Å². The third-order valence-electron chi connectivity index (χ3n) is 5.06. The van der Waals surface area contributed by atoms with Crippen molar-refractivity contribution in [2.45, 2.75) is 72.4 Å². The molecule has 0 saturated heterocycles. The zero-order valence-electron chi connectivity index (χ0n) is 15.0. The first-order valence-electron chi connectivity index (χ1n) is 9.19. The van der Waals surface area contributed by atoms with Crippen LogP contribution in [-0.4, -0.2) is 49.8 Å². The van der Waals surface area contributed by atoms with Gasteiger partial charge in [-0.3, -0.25) is 4.90 Å². The minimum absolute atomic E-state index is 0.668. The molecule has 3 unspecified atom stereocenters. The number of rotatable bonds is 10. The van der Waals surface area contributed by atoms with Crippen LogP contribution in [0.2, 0.25) is 0 Å². The largest absolute Gasteiger partial charge is 0.380 e. The van der Waals surface area contributed by atoms with E-state index in [0.29, 0.717) is 12.1 Å². The average Bonchev–Trinajstić information content (AvgIpc) is 2.49. The Hall–Kier alpha value is -0.120. The van der Waals surface area contributed by atoms with Gasteiger partial charge in [-0.15, -0.1) is 0 Å². The van der Waals surface area contributed by atoms with Gasteiger partial charge in [0, 0.05) is 25.2 Å². The van der Waals surface area contributed by atoms with Crippen LogP contribution in [0.25, 0.3) is 0 Å². The van der Waals surface area contributed by atoms with Crippen LogP contribution in [0.15, 0.2) is 0 Å². The van der Waals surface area contributed by atoms with Crippen molar-refractivity contribution in [1.29, 1.82) is 0 Å². The average molecular weight is 299 g/mol. The first-order chi connectivity index (χ1) is 10.1. The molecule has 0 aromatic heterocycles. The summed E-state index contributed by atoms with van der Waals surface area (Å²) in [7, 11) is 0. The maximum Gasteiger partial charge on any atom is 0.0593 e. The van der Waals surface area contributed by atoms with Crippen molar-refractivity contribution in [2.24, 2.45) is 11.8 Å². The minimum Gasteiger partial charge on any atom is -0.380 e. The second-order valence-corrected chi connectivity index (χ2v) is 6.77. The Balaban J connectivity index is 2.65. The fourth-order valence-electron chi connectivity index (χ4n) is 3.64. The normalized spacial score (nSPS) is 26.7. The third-order valence-corrected chi connectivity index (χ3v) is 5.06. The van der Waals surface area contributed by atoms with E-state index in [4.69, 9.17) is 4.74 Å². The topological polar surface area (TPSA) is 24.5 Å². The Morgan fingerprint density at radius 1 is 1.19 bits per heavy atom. The lowest BCUT2D eigenvalue weighted by atomic mass is 9.76. The molecule has 1 aliphatic carbocycles. The Kier molecular flexibility index (Phi) is 9.54. The van der Waals surface area contributed by atoms with Gasteiger partial charge in [-0.1, -0.05) is 27.7 Å². The summed E-state index contributed by atoms with van der Waals surface area (Å²) in [6.45, 7) is 16.5.